The number of aromatic nitrogens is 3. The van der Waals surface area contributed by atoms with Gasteiger partial charge in [0.1, 0.15) is 5.69 Å². The van der Waals surface area contributed by atoms with Gasteiger partial charge in [0.25, 0.3) is 5.89 Å². The highest BCUT2D eigenvalue weighted by Gasteiger charge is 2.53. The van der Waals surface area contributed by atoms with Gasteiger partial charge in [0.05, 0.1) is 0 Å². The molecule has 0 aliphatic carbocycles. The summed E-state index contributed by atoms with van der Waals surface area (Å²) in [5.74, 6) is -0.714. The fraction of sp³-hybridized carbons (Fsp3) is 0.364. The second kappa shape index (κ2) is 4.30. The number of nitrogens with zero attached hydrogens (tertiary/aromatic N) is 3. The predicted molar refractivity (Wildman–Crippen MR) is 59.9 cm³/mol. The fourth-order valence-corrected chi connectivity index (χ4v) is 1.37. The third-order valence-corrected chi connectivity index (χ3v) is 2.68. The Kier molecular flexibility index (Phi) is 3.05. The Morgan fingerprint density at radius 1 is 1.32 bits per heavy atom. The smallest absolute Gasteiger partial charge is 0.336 e. The monoisotopic (exact) mass is 272 g/mol. The van der Waals surface area contributed by atoms with Gasteiger partial charge >= 0.3 is 6.18 Å². The molecule has 0 spiro atoms. The molecule has 2 rings (SSSR count). The van der Waals surface area contributed by atoms with Gasteiger partial charge in [-0.15, -0.1) is 0 Å². The first-order chi connectivity index (χ1) is 8.73. The van der Waals surface area contributed by atoms with E-state index in [2.05, 4.69) is 19.6 Å². The summed E-state index contributed by atoms with van der Waals surface area (Å²) in [6.07, 6.45) is -3.19. The topological polar surface area (TPSA) is 77.8 Å². The Hall–Kier alpha value is -1.96. The molecule has 0 aliphatic rings. The van der Waals surface area contributed by atoms with Crippen molar-refractivity contribution in [3.8, 4) is 11.5 Å². The lowest BCUT2D eigenvalue weighted by Crippen LogP contribution is -2.48. The first-order valence-corrected chi connectivity index (χ1v) is 5.35. The van der Waals surface area contributed by atoms with Crippen molar-refractivity contribution in [3.63, 3.8) is 0 Å². The average Bonchev–Trinajstić information content (AvgIpc) is 2.77. The van der Waals surface area contributed by atoms with Gasteiger partial charge < -0.3 is 10.3 Å². The van der Waals surface area contributed by atoms with Crippen LogP contribution in [0, 0.1) is 6.92 Å². The summed E-state index contributed by atoms with van der Waals surface area (Å²) in [5.41, 5.74) is 3.59. The van der Waals surface area contributed by atoms with Crippen molar-refractivity contribution in [2.75, 3.05) is 0 Å². The Morgan fingerprint density at radius 3 is 2.58 bits per heavy atom. The molecular formula is C11H11F3N4O. The minimum atomic E-state index is -4.68. The third kappa shape index (κ3) is 2.30. The summed E-state index contributed by atoms with van der Waals surface area (Å²) in [6.45, 7) is 2.51. The van der Waals surface area contributed by atoms with Crippen molar-refractivity contribution in [3.05, 3.63) is 29.8 Å². The van der Waals surface area contributed by atoms with Crippen LogP contribution >= 0.6 is 0 Å². The molecule has 8 heteroatoms. The van der Waals surface area contributed by atoms with Crippen LogP contribution in [0.15, 0.2) is 22.9 Å². The maximum Gasteiger partial charge on any atom is 0.415 e. The molecule has 0 saturated heterocycles. The van der Waals surface area contributed by atoms with E-state index >= 15 is 0 Å². The Balaban J connectivity index is 2.43. The predicted octanol–water partition coefficient (Wildman–Crippen LogP) is 2.18. The van der Waals surface area contributed by atoms with Gasteiger partial charge in [-0.25, -0.2) is 0 Å². The van der Waals surface area contributed by atoms with E-state index in [4.69, 9.17) is 5.73 Å². The van der Waals surface area contributed by atoms with Crippen LogP contribution in [-0.2, 0) is 5.54 Å². The van der Waals surface area contributed by atoms with Crippen LogP contribution in [0.5, 0.6) is 0 Å². The SMILES string of the molecule is Cc1cccnc1-c1noc(C(C)(N)C(F)(F)F)n1. The van der Waals surface area contributed by atoms with E-state index in [0.29, 0.717) is 5.69 Å². The van der Waals surface area contributed by atoms with Crippen LogP contribution in [0.2, 0.25) is 0 Å². The number of hydrogen-bond acceptors (Lipinski definition) is 5. The molecule has 0 fully saturated rings. The number of hydrogen-bond donors (Lipinski definition) is 1. The normalized spacial score (nSPS) is 15.3. The van der Waals surface area contributed by atoms with Crippen molar-refractivity contribution in [1.82, 2.24) is 15.1 Å². The Labute approximate surface area is 106 Å². The van der Waals surface area contributed by atoms with Crippen LogP contribution in [-0.4, -0.2) is 21.3 Å². The highest BCUT2D eigenvalue weighted by atomic mass is 19.4. The zero-order valence-corrected chi connectivity index (χ0v) is 10.2. The van der Waals surface area contributed by atoms with Gasteiger partial charge in [0.2, 0.25) is 5.82 Å². The molecule has 2 aromatic heterocycles. The summed E-state index contributed by atoms with van der Waals surface area (Å²) in [5, 5.41) is 3.50. The van der Waals surface area contributed by atoms with Gasteiger partial charge in [0.15, 0.2) is 5.54 Å². The van der Waals surface area contributed by atoms with Crippen LogP contribution in [0.4, 0.5) is 13.2 Å². The standard InChI is InChI=1S/C11H11F3N4O/c1-6-4-3-5-16-7(6)8-17-9(19-18-8)10(2,15)11(12,13)14/h3-5H,15H2,1-2H3. The van der Waals surface area contributed by atoms with Crippen LogP contribution in [0.3, 0.4) is 0 Å². The molecular weight excluding hydrogens is 261 g/mol. The van der Waals surface area contributed by atoms with Gasteiger partial charge in [-0.1, -0.05) is 11.2 Å². The molecule has 0 radical (unpaired) electrons. The molecule has 1 atom stereocenters. The second-order valence-corrected chi connectivity index (χ2v) is 4.29. The third-order valence-electron chi connectivity index (χ3n) is 2.68. The first kappa shape index (κ1) is 13.5. The fourth-order valence-electron chi connectivity index (χ4n) is 1.37. The number of alkyl halides is 3. The Morgan fingerprint density at radius 2 is 2.00 bits per heavy atom. The van der Waals surface area contributed by atoms with E-state index in [0.717, 1.165) is 12.5 Å². The lowest BCUT2D eigenvalue weighted by Gasteiger charge is -2.22. The number of nitrogens with two attached hydrogens (primary N) is 1. The summed E-state index contributed by atoms with van der Waals surface area (Å²) >= 11 is 0. The highest BCUT2D eigenvalue weighted by molar-refractivity contribution is 5.53. The number of halogens is 3. The summed E-state index contributed by atoms with van der Waals surface area (Å²) in [4.78, 5) is 7.69. The largest absolute Gasteiger partial charge is 0.415 e. The van der Waals surface area contributed by atoms with E-state index in [1.165, 1.54) is 6.20 Å². The van der Waals surface area contributed by atoms with Crippen LogP contribution in [0.25, 0.3) is 11.5 Å². The van der Waals surface area contributed by atoms with Crippen molar-refractivity contribution >= 4 is 0 Å². The van der Waals surface area contributed by atoms with E-state index in [1.54, 1.807) is 19.1 Å². The van der Waals surface area contributed by atoms with E-state index in [1.807, 2.05) is 0 Å². The molecule has 19 heavy (non-hydrogen) atoms. The highest BCUT2D eigenvalue weighted by Crippen LogP contribution is 2.36. The molecule has 5 nitrogen and oxygen atoms in total. The van der Waals surface area contributed by atoms with Crippen molar-refractivity contribution in [1.29, 1.82) is 0 Å². The average molecular weight is 272 g/mol. The zero-order chi connectivity index (χ0) is 14.3. The Bertz CT molecular complexity index is 592. The van der Waals surface area contributed by atoms with Crippen molar-refractivity contribution in [2.45, 2.75) is 25.6 Å². The van der Waals surface area contributed by atoms with Crippen LogP contribution in [0.1, 0.15) is 18.4 Å². The number of pyridine rings is 1. The lowest BCUT2D eigenvalue weighted by molar-refractivity contribution is -0.190. The maximum atomic E-state index is 12.7. The molecule has 0 aliphatic heterocycles. The lowest BCUT2D eigenvalue weighted by atomic mass is 10.0. The van der Waals surface area contributed by atoms with Gasteiger partial charge in [-0.05, 0) is 25.5 Å². The van der Waals surface area contributed by atoms with E-state index in [9.17, 15) is 13.2 Å². The van der Waals surface area contributed by atoms with Gasteiger partial charge in [-0.3, -0.25) is 4.98 Å². The van der Waals surface area contributed by atoms with Gasteiger partial charge in [0, 0.05) is 6.20 Å². The van der Waals surface area contributed by atoms with Crippen LogP contribution < -0.4 is 5.73 Å². The first-order valence-electron chi connectivity index (χ1n) is 5.35. The second-order valence-electron chi connectivity index (χ2n) is 4.29. The summed E-state index contributed by atoms with van der Waals surface area (Å²) in [6, 6.07) is 3.44. The number of rotatable bonds is 2. The minimum Gasteiger partial charge on any atom is -0.336 e. The zero-order valence-electron chi connectivity index (χ0n) is 10.2. The quantitative estimate of drug-likeness (QED) is 0.906. The molecule has 0 bridgehead atoms. The molecule has 0 amide bonds. The van der Waals surface area contributed by atoms with Gasteiger partial charge in [-0.2, -0.15) is 18.2 Å². The molecule has 0 aromatic carbocycles. The summed E-state index contributed by atoms with van der Waals surface area (Å²) in [7, 11) is 0. The maximum absolute atomic E-state index is 12.7. The molecule has 1 unspecified atom stereocenters. The van der Waals surface area contributed by atoms with E-state index in [-0.39, 0.29) is 5.82 Å². The minimum absolute atomic E-state index is 0.0194. The van der Waals surface area contributed by atoms with Crippen molar-refractivity contribution < 1.29 is 17.7 Å². The molecule has 2 aromatic rings. The summed E-state index contributed by atoms with van der Waals surface area (Å²) < 4.78 is 42.8. The number of aryl methyl sites for hydroxylation is 1. The molecule has 102 valence electrons. The molecule has 0 saturated carbocycles. The van der Waals surface area contributed by atoms with Crippen molar-refractivity contribution in [2.24, 2.45) is 5.73 Å². The van der Waals surface area contributed by atoms with E-state index < -0.39 is 17.6 Å². The molecule has 2 N–H and O–H groups in total. The molecule has 2 heterocycles.